The SMILES string of the molecule is Clc1cc(Cl)cc(CNC2CCN(C3=Nc4nc(Cl)ccc4C3)CC2)c1. The van der Waals surface area contributed by atoms with Crippen molar-refractivity contribution in [2.24, 2.45) is 4.99 Å². The Morgan fingerprint density at radius 1 is 1.04 bits per heavy atom. The molecule has 0 radical (unpaired) electrons. The third-order valence-electron chi connectivity index (χ3n) is 4.88. The number of fused-ring (bicyclic) bond motifs is 1. The molecule has 2 aliphatic rings. The minimum Gasteiger partial charge on any atom is -0.360 e. The third kappa shape index (κ3) is 4.15. The summed E-state index contributed by atoms with van der Waals surface area (Å²) in [6, 6.07) is 10.0. The van der Waals surface area contributed by atoms with Gasteiger partial charge in [0.25, 0.3) is 0 Å². The van der Waals surface area contributed by atoms with Gasteiger partial charge >= 0.3 is 0 Å². The zero-order valence-corrected chi connectivity index (χ0v) is 16.5. The predicted octanol–water partition coefficient (Wildman–Crippen LogP) is 4.88. The van der Waals surface area contributed by atoms with Crippen molar-refractivity contribution in [3.05, 3.63) is 56.7 Å². The van der Waals surface area contributed by atoms with Crippen LogP contribution in [0.15, 0.2) is 35.3 Å². The van der Waals surface area contributed by atoms with Crippen LogP contribution in [0.5, 0.6) is 0 Å². The van der Waals surface area contributed by atoms with Gasteiger partial charge in [0.1, 0.15) is 11.0 Å². The number of hydrogen-bond acceptors (Lipinski definition) is 4. The maximum absolute atomic E-state index is 6.07. The van der Waals surface area contributed by atoms with Crippen molar-refractivity contribution in [1.29, 1.82) is 0 Å². The van der Waals surface area contributed by atoms with Crippen LogP contribution in [0.3, 0.4) is 0 Å². The molecule has 1 fully saturated rings. The maximum atomic E-state index is 6.07. The van der Waals surface area contributed by atoms with Gasteiger partial charge in [-0.3, -0.25) is 0 Å². The number of pyridine rings is 1. The molecule has 1 saturated heterocycles. The molecule has 4 rings (SSSR count). The molecule has 1 aromatic heterocycles. The largest absolute Gasteiger partial charge is 0.360 e. The highest BCUT2D eigenvalue weighted by atomic mass is 35.5. The molecule has 136 valence electrons. The molecule has 2 aromatic rings. The summed E-state index contributed by atoms with van der Waals surface area (Å²) in [6.45, 7) is 2.77. The Morgan fingerprint density at radius 3 is 2.50 bits per heavy atom. The van der Waals surface area contributed by atoms with Crippen molar-refractivity contribution in [1.82, 2.24) is 15.2 Å². The molecular formula is C19H19Cl3N4. The van der Waals surface area contributed by atoms with Gasteiger partial charge in [-0.2, -0.15) is 0 Å². The lowest BCUT2D eigenvalue weighted by atomic mass is 10.0. The maximum Gasteiger partial charge on any atom is 0.159 e. The van der Waals surface area contributed by atoms with Crippen molar-refractivity contribution in [2.45, 2.75) is 31.8 Å². The number of aromatic nitrogens is 1. The van der Waals surface area contributed by atoms with E-state index in [9.17, 15) is 0 Å². The van der Waals surface area contributed by atoms with E-state index in [0.717, 1.165) is 61.7 Å². The lowest BCUT2D eigenvalue weighted by Gasteiger charge is -2.33. The van der Waals surface area contributed by atoms with Crippen LogP contribution in [0.2, 0.25) is 15.2 Å². The van der Waals surface area contributed by atoms with E-state index in [2.05, 4.69) is 20.2 Å². The molecule has 0 atom stereocenters. The summed E-state index contributed by atoms with van der Waals surface area (Å²) in [5.41, 5.74) is 2.27. The molecule has 7 heteroatoms. The van der Waals surface area contributed by atoms with E-state index >= 15 is 0 Å². The van der Waals surface area contributed by atoms with E-state index in [1.54, 1.807) is 6.07 Å². The van der Waals surface area contributed by atoms with Gasteiger partial charge in [-0.15, -0.1) is 0 Å². The Balaban J connectivity index is 1.30. The number of nitrogens with one attached hydrogen (secondary N) is 1. The first-order valence-electron chi connectivity index (χ1n) is 8.73. The van der Waals surface area contributed by atoms with Crippen LogP contribution in [0.25, 0.3) is 0 Å². The molecule has 3 heterocycles. The highest BCUT2D eigenvalue weighted by Crippen LogP contribution is 2.28. The molecule has 1 N–H and O–H groups in total. The van der Waals surface area contributed by atoms with Gasteiger partial charge in [0.15, 0.2) is 5.82 Å². The Morgan fingerprint density at radius 2 is 1.77 bits per heavy atom. The van der Waals surface area contributed by atoms with Crippen molar-refractivity contribution >= 4 is 46.5 Å². The fraction of sp³-hybridized carbons (Fsp3) is 0.368. The minimum absolute atomic E-state index is 0.487. The van der Waals surface area contributed by atoms with Crippen LogP contribution < -0.4 is 5.32 Å². The van der Waals surface area contributed by atoms with Crippen molar-refractivity contribution in [3.8, 4) is 0 Å². The van der Waals surface area contributed by atoms with Gasteiger partial charge in [-0.25, -0.2) is 9.98 Å². The zero-order chi connectivity index (χ0) is 18.1. The van der Waals surface area contributed by atoms with Crippen LogP contribution in [-0.4, -0.2) is 34.9 Å². The van der Waals surface area contributed by atoms with Crippen molar-refractivity contribution in [3.63, 3.8) is 0 Å². The van der Waals surface area contributed by atoms with E-state index in [1.807, 2.05) is 24.3 Å². The molecule has 2 aliphatic heterocycles. The Bertz CT molecular complexity index is 824. The van der Waals surface area contributed by atoms with E-state index in [4.69, 9.17) is 34.8 Å². The highest BCUT2D eigenvalue weighted by Gasteiger charge is 2.25. The number of likely N-dealkylation sites (tertiary alicyclic amines) is 1. The quantitative estimate of drug-likeness (QED) is 0.734. The van der Waals surface area contributed by atoms with Crippen LogP contribution in [-0.2, 0) is 13.0 Å². The summed E-state index contributed by atoms with van der Waals surface area (Å²) in [5.74, 6) is 1.88. The fourth-order valence-electron chi connectivity index (χ4n) is 3.52. The monoisotopic (exact) mass is 408 g/mol. The third-order valence-corrected chi connectivity index (χ3v) is 5.53. The molecule has 1 aromatic carbocycles. The first kappa shape index (κ1) is 18.1. The van der Waals surface area contributed by atoms with Gasteiger partial charge in [0, 0.05) is 47.7 Å². The normalized spacial score (nSPS) is 17.3. The number of halogens is 3. The first-order chi connectivity index (χ1) is 12.6. The lowest BCUT2D eigenvalue weighted by Crippen LogP contribution is -2.44. The summed E-state index contributed by atoms with van der Waals surface area (Å²) in [5, 5.41) is 5.47. The smallest absolute Gasteiger partial charge is 0.159 e. The number of rotatable bonds is 3. The van der Waals surface area contributed by atoms with Crippen LogP contribution >= 0.6 is 34.8 Å². The van der Waals surface area contributed by atoms with E-state index < -0.39 is 0 Å². The predicted molar refractivity (Wildman–Crippen MR) is 108 cm³/mol. The average molecular weight is 410 g/mol. The minimum atomic E-state index is 0.487. The van der Waals surface area contributed by atoms with Gasteiger partial charge in [-0.05, 0) is 42.7 Å². The molecular weight excluding hydrogens is 391 g/mol. The molecule has 0 unspecified atom stereocenters. The molecule has 0 spiro atoms. The Labute approximate surface area is 168 Å². The zero-order valence-electron chi connectivity index (χ0n) is 14.2. The van der Waals surface area contributed by atoms with Crippen molar-refractivity contribution in [2.75, 3.05) is 13.1 Å². The van der Waals surface area contributed by atoms with E-state index in [1.165, 1.54) is 0 Å². The molecule has 26 heavy (non-hydrogen) atoms. The number of nitrogens with zero attached hydrogens (tertiary/aromatic N) is 3. The van der Waals surface area contributed by atoms with Gasteiger partial charge in [-0.1, -0.05) is 40.9 Å². The lowest BCUT2D eigenvalue weighted by molar-refractivity contribution is 0.279. The van der Waals surface area contributed by atoms with Crippen LogP contribution in [0.1, 0.15) is 24.0 Å². The number of hydrogen-bond donors (Lipinski definition) is 1. The highest BCUT2D eigenvalue weighted by molar-refractivity contribution is 6.34. The first-order valence-corrected chi connectivity index (χ1v) is 9.86. The summed E-state index contributed by atoms with van der Waals surface area (Å²) in [4.78, 5) is 11.3. The summed E-state index contributed by atoms with van der Waals surface area (Å²) < 4.78 is 0. The molecule has 0 amide bonds. The fourth-order valence-corrected chi connectivity index (χ4v) is 4.23. The molecule has 0 saturated carbocycles. The second-order valence-electron chi connectivity index (χ2n) is 6.74. The molecule has 0 aliphatic carbocycles. The molecule has 4 nitrogen and oxygen atoms in total. The van der Waals surface area contributed by atoms with Crippen molar-refractivity contribution < 1.29 is 0 Å². The number of amidine groups is 1. The van der Waals surface area contributed by atoms with Gasteiger partial charge < -0.3 is 10.2 Å². The average Bonchev–Trinajstić information content (AvgIpc) is 3.03. The van der Waals surface area contributed by atoms with Crippen LogP contribution in [0, 0.1) is 0 Å². The van der Waals surface area contributed by atoms with E-state index in [-0.39, 0.29) is 0 Å². The summed E-state index contributed by atoms with van der Waals surface area (Å²) >= 11 is 18.1. The summed E-state index contributed by atoms with van der Waals surface area (Å²) in [6.07, 6.45) is 3.01. The number of piperidine rings is 1. The Hall–Kier alpha value is -1.33. The van der Waals surface area contributed by atoms with Gasteiger partial charge in [0.2, 0.25) is 0 Å². The number of aliphatic imine (C=N–C) groups is 1. The second-order valence-corrected chi connectivity index (χ2v) is 8.00. The van der Waals surface area contributed by atoms with Crippen LogP contribution in [0.4, 0.5) is 5.82 Å². The van der Waals surface area contributed by atoms with E-state index in [0.29, 0.717) is 21.2 Å². The molecule has 0 bridgehead atoms. The summed E-state index contributed by atoms with van der Waals surface area (Å²) in [7, 11) is 0. The van der Waals surface area contributed by atoms with Gasteiger partial charge in [0.05, 0.1) is 0 Å². The topological polar surface area (TPSA) is 40.5 Å². The Kier molecular flexibility index (Phi) is 5.37. The second kappa shape index (κ2) is 7.73. The number of benzene rings is 1. The standard InChI is InChI=1S/C19H19Cl3N4/c20-14-7-12(8-15(21)10-14)11-23-16-3-5-26(6-4-16)18-9-13-1-2-17(22)24-19(13)25-18/h1-2,7-8,10,16,23H,3-6,9,11H2.